The van der Waals surface area contributed by atoms with Gasteiger partial charge in [0.05, 0.1) is 22.6 Å². The van der Waals surface area contributed by atoms with Crippen molar-refractivity contribution in [2.45, 2.75) is 57.3 Å². The minimum atomic E-state index is -0.902. The lowest BCUT2D eigenvalue weighted by atomic mass is 9.69. The lowest BCUT2D eigenvalue weighted by molar-refractivity contribution is -0.149. The molecule has 3 aromatic heterocycles. The van der Waals surface area contributed by atoms with Crippen LogP contribution >= 0.6 is 0 Å². The number of aromatic amines is 1. The smallest absolute Gasteiger partial charge is 0.309 e. The van der Waals surface area contributed by atoms with E-state index < -0.39 is 23.0 Å². The lowest BCUT2D eigenvalue weighted by Gasteiger charge is -2.35. The van der Waals surface area contributed by atoms with Crippen molar-refractivity contribution in [1.29, 1.82) is 0 Å². The number of aromatic nitrogens is 4. The number of halogens is 2. The number of H-pyrrole nitrogens is 1. The van der Waals surface area contributed by atoms with Crippen LogP contribution in [0.15, 0.2) is 30.5 Å². The molecule has 7 nitrogen and oxygen atoms in total. The third-order valence-corrected chi connectivity index (χ3v) is 8.20. The zero-order valence-corrected chi connectivity index (χ0v) is 20.1. The Morgan fingerprint density at radius 1 is 1.11 bits per heavy atom. The van der Waals surface area contributed by atoms with Gasteiger partial charge in [-0.1, -0.05) is 0 Å². The van der Waals surface area contributed by atoms with Crippen molar-refractivity contribution in [1.82, 2.24) is 19.7 Å². The maximum Gasteiger partial charge on any atom is 0.309 e. The number of aliphatic carboxylic acids is 1. The fraction of sp³-hybridized carbons (Fsp3) is 0.444. The average Bonchev–Trinajstić information content (AvgIpc) is 3.47. The quantitative estimate of drug-likeness (QED) is 0.373. The van der Waals surface area contributed by atoms with E-state index in [-0.39, 0.29) is 11.8 Å². The van der Waals surface area contributed by atoms with Gasteiger partial charge in [-0.15, -0.1) is 0 Å². The minimum Gasteiger partial charge on any atom is -0.481 e. The van der Waals surface area contributed by atoms with Crippen molar-refractivity contribution in [3.63, 3.8) is 0 Å². The number of hydrogen-bond acceptors (Lipinski definition) is 4. The van der Waals surface area contributed by atoms with Gasteiger partial charge in [0.25, 0.3) is 0 Å². The number of ether oxygens (including phenoxy) is 1. The van der Waals surface area contributed by atoms with E-state index in [0.717, 1.165) is 59.4 Å². The Kier molecular flexibility index (Phi) is 5.55. The van der Waals surface area contributed by atoms with Gasteiger partial charge < -0.3 is 14.4 Å². The number of carboxylic acids is 1. The molecule has 188 valence electrons. The summed E-state index contributed by atoms with van der Waals surface area (Å²) in [6, 6.07) is 6.00. The van der Waals surface area contributed by atoms with Crippen molar-refractivity contribution < 1.29 is 23.4 Å². The van der Waals surface area contributed by atoms with E-state index in [9.17, 15) is 18.7 Å². The molecule has 0 bridgehead atoms. The number of fused-ring (bicyclic) bond motifs is 2. The minimum absolute atomic E-state index is 0.109. The van der Waals surface area contributed by atoms with E-state index in [1.807, 2.05) is 17.6 Å². The van der Waals surface area contributed by atoms with Crippen LogP contribution in [0.2, 0.25) is 0 Å². The molecule has 1 saturated carbocycles. The molecule has 1 aliphatic heterocycles. The Labute approximate surface area is 206 Å². The fourth-order valence-electron chi connectivity index (χ4n) is 6.04. The highest BCUT2D eigenvalue weighted by atomic mass is 19.2. The molecule has 0 amide bonds. The molecule has 0 unspecified atom stereocenters. The number of rotatable bonds is 4. The van der Waals surface area contributed by atoms with Gasteiger partial charge in [0.1, 0.15) is 0 Å². The van der Waals surface area contributed by atoms with Crippen molar-refractivity contribution in [3.8, 4) is 5.69 Å². The van der Waals surface area contributed by atoms with E-state index in [0.29, 0.717) is 37.4 Å². The lowest BCUT2D eigenvalue weighted by Crippen LogP contribution is -2.32. The Balaban J connectivity index is 1.61. The highest BCUT2D eigenvalue weighted by Crippen LogP contribution is 2.49. The molecule has 0 spiro atoms. The van der Waals surface area contributed by atoms with Gasteiger partial charge in [-0.05, 0) is 69.6 Å². The van der Waals surface area contributed by atoms with Crippen LogP contribution in [0.3, 0.4) is 0 Å². The molecule has 0 atom stereocenters. The second-order valence-corrected chi connectivity index (χ2v) is 10.4. The first-order valence-corrected chi connectivity index (χ1v) is 12.5. The van der Waals surface area contributed by atoms with Crippen molar-refractivity contribution in [2.24, 2.45) is 5.41 Å². The van der Waals surface area contributed by atoms with Crippen LogP contribution in [0.1, 0.15) is 68.5 Å². The van der Waals surface area contributed by atoms with Crippen LogP contribution in [0.5, 0.6) is 0 Å². The zero-order valence-electron chi connectivity index (χ0n) is 20.1. The molecule has 9 heteroatoms. The first kappa shape index (κ1) is 23.1. The summed E-state index contributed by atoms with van der Waals surface area (Å²) in [5.41, 5.74) is 4.23. The van der Waals surface area contributed by atoms with Gasteiger partial charge in [0.15, 0.2) is 17.3 Å². The summed E-state index contributed by atoms with van der Waals surface area (Å²) in [4.78, 5) is 16.9. The number of pyridine rings is 1. The van der Waals surface area contributed by atoms with Crippen LogP contribution in [-0.2, 0) is 9.53 Å². The Bertz CT molecular complexity index is 1460. The molecule has 2 N–H and O–H groups in total. The Morgan fingerprint density at radius 3 is 2.56 bits per heavy atom. The van der Waals surface area contributed by atoms with E-state index in [1.165, 1.54) is 6.07 Å². The van der Waals surface area contributed by atoms with E-state index >= 15 is 0 Å². The van der Waals surface area contributed by atoms with Crippen LogP contribution in [0, 0.1) is 17.0 Å². The maximum atomic E-state index is 14.5. The molecule has 4 aromatic rings. The van der Waals surface area contributed by atoms with Gasteiger partial charge in [0, 0.05) is 47.5 Å². The fourth-order valence-corrected chi connectivity index (χ4v) is 6.04. The van der Waals surface area contributed by atoms with Crippen LogP contribution < -0.4 is 0 Å². The SMILES string of the molecule is C[C@]1(C(=O)O)CC[C@H](c2c(C3CCOCC3)n(-c3ccc(F)c(F)c3)c3cc4cn[nH]c4nc32)CC1. The molecule has 2 fully saturated rings. The zero-order chi connectivity index (χ0) is 25.0. The summed E-state index contributed by atoms with van der Waals surface area (Å²) in [6.07, 6.45) is 5.92. The molecule has 1 saturated heterocycles. The number of carboxylic acid groups (broad SMARTS) is 1. The normalized spacial score (nSPS) is 23.5. The molecule has 36 heavy (non-hydrogen) atoms. The number of hydrogen-bond donors (Lipinski definition) is 2. The Hall–Kier alpha value is -3.33. The van der Waals surface area contributed by atoms with Crippen LogP contribution in [0.4, 0.5) is 8.78 Å². The first-order valence-electron chi connectivity index (χ1n) is 12.5. The van der Waals surface area contributed by atoms with Gasteiger partial charge in [-0.25, -0.2) is 13.8 Å². The highest BCUT2D eigenvalue weighted by molar-refractivity contribution is 5.93. The summed E-state index contributed by atoms with van der Waals surface area (Å²) in [5, 5.41) is 17.7. The largest absolute Gasteiger partial charge is 0.481 e. The van der Waals surface area contributed by atoms with Crippen molar-refractivity contribution in [3.05, 3.63) is 53.4 Å². The van der Waals surface area contributed by atoms with Gasteiger partial charge in [0.2, 0.25) is 0 Å². The summed E-state index contributed by atoms with van der Waals surface area (Å²) in [6.45, 7) is 3.08. The molecular weight excluding hydrogens is 466 g/mol. The predicted octanol–water partition coefficient (Wildman–Crippen LogP) is 5.82. The molecule has 1 aliphatic carbocycles. The number of nitrogens with one attached hydrogen (secondary N) is 1. The summed E-state index contributed by atoms with van der Waals surface area (Å²) in [5.74, 6) is -2.29. The molecule has 2 aliphatic rings. The van der Waals surface area contributed by atoms with Crippen LogP contribution in [0.25, 0.3) is 27.8 Å². The van der Waals surface area contributed by atoms with Crippen molar-refractivity contribution >= 4 is 28.0 Å². The monoisotopic (exact) mass is 494 g/mol. The molecule has 6 rings (SSSR count). The molecule has 0 radical (unpaired) electrons. The standard InChI is InChI=1S/C27H28F2N4O3/c1-27(26(34)35)8-4-15(5-9-27)22-23-21(12-17-14-30-32-25(17)31-23)33(18-2-3-19(28)20(29)13-18)24(22)16-6-10-36-11-7-16/h2-3,12-16H,4-11H2,1H3,(H,34,35)(H,30,31,32)/t15-,27-. The number of carbonyl (C=O) groups is 1. The average molecular weight is 495 g/mol. The highest BCUT2D eigenvalue weighted by Gasteiger charge is 2.40. The van der Waals surface area contributed by atoms with Crippen molar-refractivity contribution in [2.75, 3.05) is 13.2 Å². The summed E-state index contributed by atoms with van der Waals surface area (Å²) < 4.78 is 36.1. The van der Waals surface area contributed by atoms with Gasteiger partial charge in [-0.2, -0.15) is 5.10 Å². The molecule has 4 heterocycles. The van der Waals surface area contributed by atoms with Gasteiger partial charge >= 0.3 is 5.97 Å². The summed E-state index contributed by atoms with van der Waals surface area (Å²) in [7, 11) is 0. The third-order valence-electron chi connectivity index (χ3n) is 8.20. The topological polar surface area (TPSA) is 93.0 Å². The van der Waals surface area contributed by atoms with E-state index in [4.69, 9.17) is 9.72 Å². The van der Waals surface area contributed by atoms with Crippen LogP contribution in [-0.4, -0.2) is 44.0 Å². The Morgan fingerprint density at radius 2 is 1.86 bits per heavy atom. The molecular formula is C27H28F2N4O3. The first-order chi connectivity index (χ1) is 17.4. The maximum absolute atomic E-state index is 14.5. The number of nitrogens with zero attached hydrogens (tertiary/aromatic N) is 3. The van der Waals surface area contributed by atoms with E-state index in [1.54, 1.807) is 12.3 Å². The second-order valence-electron chi connectivity index (χ2n) is 10.4. The predicted molar refractivity (Wildman–Crippen MR) is 130 cm³/mol. The molecule has 1 aromatic carbocycles. The summed E-state index contributed by atoms with van der Waals surface area (Å²) >= 11 is 0. The second kappa shape index (κ2) is 8.65. The van der Waals surface area contributed by atoms with E-state index in [2.05, 4.69) is 10.2 Å². The van der Waals surface area contributed by atoms with Gasteiger partial charge in [-0.3, -0.25) is 9.89 Å². The third kappa shape index (κ3) is 3.68. The number of benzene rings is 1.